The Kier molecular flexibility index (Phi) is 9.15. The van der Waals surface area contributed by atoms with Crippen molar-refractivity contribution in [2.45, 2.75) is 26.2 Å². The summed E-state index contributed by atoms with van der Waals surface area (Å²) in [7, 11) is -5.14. The smallest absolute Gasteiger partial charge is 0.191 e. The summed E-state index contributed by atoms with van der Waals surface area (Å²) >= 11 is 0. The van der Waals surface area contributed by atoms with Crippen molar-refractivity contribution < 1.29 is 12.3 Å². The summed E-state index contributed by atoms with van der Waals surface area (Å²) in [5, 5.41) is 1.40. The normalized spacial score (nSPS) is 16.4. The van der Waals surface area contributed by atoms with E-state index >= 15 is 0 Å². The molecule has 0 aliphatic heterocycles. The van der Waals surface area contributed by atoms with Crippen molar-refractivity contribution in [3.05, 3.63) is 42.6 Å². The molecule has 9 heteroatoms. The Balaban J connectivity index is 2.27. The quantitative estimate of drug-likeness (QED) is 0.390. The summed E-state index contributed by atoms with van der Waals surface area (Å²) < 4.78 is 18.5. The van der Waals surface area contributed by atoms with Crippen LogP contribution in [0.1, 0.15) is 0 Å². The van der Waals surface area contributed by atoms with E-state index in [-0.39, 0.29) is 0 Å². The predicted molar refractivity (Wildman–Crippen MR) is 109 cm³/mol. The Morgan fingerprint density at radius 3 is 2.38 bits per heavy atom. The summed E-state index contributed by atoms with van der Waals surface area (Å²) in [5.41, 5.74) is 2.00. The number of benzene rings is 1. The first-order valence-corrected chi connectivity index (χ1v) is 23.0. The highest BCUT2D eigenvalue weighted by Crippen LogP contribution is 2.03. The van der Waals surface area contributed by atoms with Crippen LogP contribution in [0, 0.1) is 0 Å². The lowest BCUT2D eigenvalue weighted by Gasteiger charge is -2.25. The van der Waals surface area contributed by atoms with Crippen LogP contribution in [0.4, 0.5) is 0 Å². The fourth-order valence-electron chi connectivity index (χ4n) is 1.81. The third-order valence-electron chi connectivity index (χ3n) is 3.24. The summed E-state index contributed by atoms with van der Waals surface area (Å²) in [6.07, 6.45) is 0. The third kappa shape index (κ3) is 8.37. The second-order valence-corrected chi connectivity index (χ2v) is 26.5. The van der Waals surface area contributed by atoms with E-state index in [4.69, 9.17) is 12.3 Å². The molecule has 0 aliphatic rings. The van der Waals surface area contributed by atoms with Gasteiger partial charge in [-0.05, 0) is 31.4 Å². The van der Waals surface area contributed by atoms with Crippen LogP contribution in [-0.2, 0) is 12.3 Å². The minimum Gasteiger partial charge on any atom is -0.462 e. The predicted octanol–water partition coefficient (Wildman–Crippen LogP) is -0.756. The monoisotopic (exact) mass is 388 g/mol. The van der Waals surface area contributed by atoms with E-state index in [9.17, 15) is 0 Å². The first-order valence-electron chi connectivity index (χ1n) is 7.49. The van der Waals surface area contributed by atoms with Crippen molar-refractivity contribution in [1.82, 2.24) is 0 Å². The Bertz CT molecular complexity index is 417. The first-order chi connectivity index (χ1) is 9.94. The molecule has 118 valence electrons. The van der Waals surface area contributed by atoms with Crippen molar-refractivity contribution in [1.29, 1.82) is 0 Å². The van der Waals surface area contributed by atoms with Gasteiger partial charge in [-0.2, -0.15) is 0 Å². The van der Waals surface area contributed by atoms with E-state index in [0.29, 0.717) is 0 Å². The van der Waals surface area contributed by atoms with Crippen molar-refractivity contribution in [2.75, 3.05) is 0 Å². The highest BCUT2D eigenvalue weighted by Gasteiger charge is 2.25. The van der Waals surface area contributed by atoms with Crippen LogP contribution in [0.15, 0.2) is 42.6 Å². The van der Waals surface area contributed by atoms with Gasteiger partial charge in [-0.3, -0.25) is 0 Å². The molecule has 0 fully saturated rings. The molecule has 0 saturated heterocycles. The van der Waals surface area contributed by atoms with Crippen molar-refractivity contribution in [3.8, 4) is 0 Å². The largest absolute Gasteiger partial charge is 0.462 e. The minimum absolute atomic E-state index is 0.394. The molecule has 0 amide bonds. The average Bonchev–Trinajstić information content (AvgIpc) is 2.50. The molecule has 0 heterocycles. The molecule has 0 aromatic heterocycles. The lowest BCUT2D eigenvalue weighted by atomic mass is 10.4. The van der Waals surface area contributed by atoms with E-state index in [1.807, 2.05) is 5.70 Å². The molecule has 0 spiro atoms. The van der Waals surface area contributed by atoms with Gasteiger partial charge in [0.2, 0.25) is 0 Å². The fourth-order valence-corrected chi connectivity index (χ4v) is 31.7. The van der Waals surface area contributed by atoms with Crippen LogP contribution in [0.25, 0.3) is 0 Å². The SMILES string of the molecule is C=C[SiH](C)O[SiH2][SiH2]O[Si](C)(C)[SiH2]O[SiH](C)c1ccccc1. The van der Waals surface area contributed by atoms with E-state index in [1.54, 1.807) is 0 Å². The molecule has 1 rings (SSSR count). The van der Waals surface area contributed by atoms with Gasteiger partial charge < -0.3 is 12.3 Å². The van der Waals surface area contributed by atoms with Gasteiger partial charge in [0.1, 0.15) is 0 Å². The second kappa shape index (κ2) is 10.0. The summed E-state index contributed by atoms with van der Waals surface area (Å²) in [6, 6.07) is 10.6. The standard InChI is InChI=1S/C12H28O3Si6/c1-6-19(2)13-16-17-15-21(4,5)18-14-20(3)12-10-8-7-9-11-12/h6-11,19-20H,1,16-18H2,2-5H3. The van der Waals surface area contributed by atoms with Crippen LogP contribution < -0.4 is 5.19 Å². The topological polar surface area (TPSA) is 27.7 Å². The number of rotatable bonds is 10. The Labute approximate surface area is 140 Å². The molecule has 3 nitrogen and oxygen atoms in total. The Morgan fingerprint density at radius 2 is 1.76 bits per heavy atom. The zero-order chi connectivity index (χ0) is 15.7. The summed E-state index contributed by atoms with van der Waals surface area (Å²) in [4.78, 5) is 0. The fraction of sp³-hybridized carbons (Fsp3) is 0.333. The Morgan fingerprint density at radius 1 is 1.10 bits per heavy atom. The van der Waals surface area contributed by atoms with E-state index < -0.39 is 53.8 Å². The maximum Gasteiger partial charge on any atom is 0.191 e. The van der Waals surface area contributed by atoms with Gasteiger partial charge in [-0.1, -0.05) is 36.0 Å². The molecule has 21 heavy (non-hydrogen) atoms. The van der Waals surface area contributed by atoms with E-state index in [0.717, 1.165) is 0 Å². The molecule has 0 bridgehead atoms. The summed E-state index contributed by atoms with van der Waals surface area (Å²) in [6.45, 7) is 12.9. The van der Waals surface area contributed by atoms with Crippen LogP contribution in [0.3, 0.4) is 0 Å². The van der Waals surface area contributed by atoms with Gasteiger partial charge in [-0.15, -0.1) is 6.58 Å². The molecular weight excluding hydrogens is 361 g/mol. The third-order valence-corrected chi connectivity index (χ3v) is 25.6. The van der Waals surface area contributed by atoms with E-state index in [2.05, 4.69) is 63.1 Å². The molecule has 2 atom stereocenters. The van der Waals surface area contributed by atoms with Gasteiger partial charge in [0.25, 0.3) is 0 Å². The highest BCUT2D eigenvalue weighted by molar-refractivity contribution is 7.21. The molecular formula is C12H28O3Si6. The van der Waals surface area contributed by atoms with Gasteiger partial charge >= 0.3 is 0 Å². The van der Waals surface area contributed by atoms with Gasteiger partial charge in [0.15, 0.2) is 53.8 Å². The van der Waals surface area contributed by atoms with Gasteiger partial charge in [-0.25, -0.2) is 0 Å². The zero-order valence-electron chi connectivity index (χ0n) is 13.7. The molecule has 0 aliphatic carbocycles. The molecule has 2 unspecified atom stereocenters. The van der Waals surface area contributed by atoms with E-state index in [1.165, 1.54) is 5.19 Å². The number of hydrogen-bond acceptors (Lipinski definition) is 3. The molecule has 0 radical (unpaired) electrons. The van der Waals surface area contributed by atoms with Crippen LogP contribution >= 0.6 is 0 Å². The zero-order valence-corrected chi connectivity index (χ0v) is 21.2. The summed E-state index contributed by atoms with van der Waals surface area (Å²) in [5.74, 6) is 0. The molecule has 0 saturated carbocycles. The highest BCUT2D eigenvalue weighted by atomic mass is 29.2. The van der Waals surface area contributed by atoms with Crippen molar-refractivity contribution >= 4 is 58.9 Å². The molecule has 1 aromatic carbocycles. The minimum atomic E-state index is -1.52. The molecule has 1 aromatic rings. The maximum atomic E-state index is 6.30. The first kappa shape index (κ1) is 19.2. The van der Waals surface area contributed by atoms with Crippen LogP contribution in [0.5, 0.6) is 0 Å². The Hall–Kier alpha value is 0.141. The van der Waals surface area contributed by atoms with Gasteiger partial charge in [0, 0.05) is 0 Å². The van der Waals surface area contributed by atoms with Gasteiger partial charge in [0.05, 0.1) is 0 Å². The average molecular weight is 389 g/mol. The van der Waals surface area contributed by atoms with Crippen LogP contribution in [0.2, 0.25) is 26.2 Å². The molecule has 0 N–H and O–H groups in total. The number of hydrogen-bond donors (Lipinski definition) is 0. The second-order valence-electron chi connectivity index (χ2n) is 5.78. The lowest BCUT2D eigenvalue weighted by molar-refractivity contribution is 0.582. The van der Waals surface area contributed by atoms with Crippen molar-refractivity contribution in [2.24, 2.45) is 0 Å². The lowest BCUT2D eigenvalue weighted by Crippen LogP contribution is -2.46. The van der Waals surface area contributed by atoms with Crippen LogP contribution in [-0.4, -0.2) is 53.8 Å². The maximum absolute atomic E-state index is 6.30. The van der Waals surface area contributed by atoms with Crippen molar-refractivity contribution in [3.63, 3.8) is 0 Å².